The van der Waals surface area contributed by atoms with E-state index in [-0.39, 0.29) is 13.2 Å². The molecule has 0 saturated heterocycles. The summed E-state index contributed by atoms with van der Waals surface area (Å²) in [6.07, 6.45) is -12.0. The Kier molecular flexibility index (Phi) is 10.9. The van der Waals surface area contributed by atoms with Crippen molar-refractivity contribution in [1.29, 1.82) is 0 Å². The summed E-state index contributed by atoms with van der Waals surface area (Å²) in [4.78, 5) is 21.2. The van der Waals surface area contributed by atoms with E-state index in [1.807, 2.05) is 5.32 Å². The molecule has 0 bridgehead atoms. The normalized spacial score (nSPS) is 15.2. The molecule has 190 valence electrons. The van der Waals surface area contributed by atoms with Crippen LogP contribution in [0.2, 0.25) is 0 Å². The summed E-state index contributed by atoms with van der Waals surface area (Å²) in [7, 11) is 0.488. The molecular weight excluding hydrogens is 472 g/mol. The van der Waals surface area contributed by atoms with Crippen LogP contribution in [0.1, 0.15) is 34.1 Å². The molecule has 0 aromatic heterocycles. The Hall–Kier alpha value is -1.90. The molecule has 0 saturated carbocycles. The first-order valence-corrected chi connectivity index (χ1v) is 8.43. The highest BCUT2D eigenvalue weighted by Crippen LogP contribution is 2.39. The smallest absolute Gasteiger partial charge is 0.346 e. The quantitative estimate of drug-likeness (QED) is 0.227. The van der Waals surface area contributed by atoms with Crippen molar-refractivity contribution >= 4 is 12.2 Å². The summed E-state index contributed by atoms with van der Waals surface area (Å²) in [6.45, 7) is 5.00. The van der Waals surface area contributed by atoms with Crippen molar-refractivity contribution in [1.82, 2.24) is 5.32 Å². The highest BCUT2D eigenvalue weighted by Gasteiger charge is 2.64. The maximum atomic E-state index is 13.2. The van der Waals surface area contributed by atoms with E-state index >= 15 is 0 Å². The molecule has 1 N–H and O–H groups in total. The lowest BCUT2D eigenvalue weighted by molar-refractivity contribution is -0.356. The third-order valence-electron chi connectivity index (χ3n) is 3.32. The number of ether oxygens (including phenoxy) is 2. The number of amides is 1. The van der Waals surface area contributed by atoms with Crippen molar-refractivity contribution in [2.45, 2.75) is 69.6 Å². The minimum absolute atomic E-state index is 0.0767. The van der Waals surface area contributed by atoms with Gasteiger partial charge in [0.1, 0.15) is 0 Å². The van der Waals surface area contributed by atoms with E-state index in [4.69, 9.17) is 0 Å². The molecule has 1 unspecified atom stereocenters. The molecule has 1 amide bonds. The van der Waals surface area contributed by atoms with Crippen molar-refractivity contribution in [3.8, 4) is 0 Å². The molecule has 0 aliphatic heterocycles. The van der Waals surface area contributed by atoms with Gasteiger partial charge in [0.05, 0.1) is 12.2 Å². The van der Waals surface area contributed by atoms with Crippen molar-refractivity contribution < 1.29 is 63.0 Å². The van der Waals surface area contributed by atoms with Gasteiger partial charge in [0.2, 0.25) is 0 Å². The summed E-state index contributed by atoms with van der Waals surface area (Å²) in [5, 5.41) is 1.95. The molecule has 0 aromatic carbocycles. The molecular formula is C17H23F10NO4. The van der Waals surface area contributed by atoms with Gasteiger partial charge in [0, 0.05) is 26.0 Å². The van der Waals surface area contributed by atoms with Crippen molar-refractivity contribution in [3.63, 3.8) is 0 Å². The number of hydrogen-bond donors (Lipinski definition) is 1. The molecule has 0 fully saturated rings. The zero-order valence-electron chi connectivity index (χ0n) is 17.6. The van der Waals surface area contributed by atoms with E-state index in [1.165, 1.54) is 20.8 Å². The lowest BCUT2D eigenvalue weighted by Crippen LogP contribution is -2.63. The van der Waals surface area contributed by atoms with Crippen LogP contribution in [0.15, 0.2) is 12.2 Å². The van der Waals surface area contributed by atoms with Gasteiger partial charge in [-0.2, -0.15) is 35.1 Å². The summed E-state index contributed by atoms with van der Waals surface area (Å²) < 4.78 is 133. The summed E-state index contributed by atoms with van der Waals surface area (Å²) >= 11 is 0. The molecule has 0 rings (SSSR count). The molecule has 0 aromatic rings. The fraction of sp³-hybridized carbons (Fsp3) is 0.765. The Morgan fingerprint density at radius 3 is 1.59 bits per heavy atom. The minimum atomic E-state index is -5.43. The zero-order chi connectivity index (χ0) is 26.4. The van der Waals surface area contributed by atoms with Gasteiger partial charge in [-0.05, 0) is 20.8 Å². The summed E-state index contributed by atoms with van der Waals surface area (Å²) in [5.41, 5.74) is -2.46. The lowest BCUT2D eigenvalue weighted by Gasteiger charge is -2.35. The SMILES string of the molecule is C=C(C=O)C(F)(F)F.COC(OCCC(F)(F)C(C)(F)F)(C(=O)NC(C)(C)C)C(F)(F)F. The topological polar surface area (TPSA) is 64.6 Å². The number of aldehydes is 1. The molecule has 0 radical (unpaired) electrons. The van der Waals surface area contributed by atoms with E-state index in [0.29, 0.717) is 7.11 Å². The second-order valence-electron chi connectivity index (χ2n) is 7.35. The van der Waals surface area contributed by atoms with Gasteiger partial charge < -0.3 is 14.8 Å². The van der Waals surface area contributed by atoms with Crippen LogP contribution in [0.3, 0.4) is 0 Å². The fourth-order valence-electron chi connectivity index (χ4n) is 1.58. The number of carbonyl (C=O) groups is 2. The van der Waals surface area contributed by atoms with E-state index in [0.717, 1.165) is 0 Å². The second-order valence-corrected chi connectivity index (χ2v) is 7.35. The number of rotatable bonds is 8. The highest BCUT2D eigenvalue weighted by atomic mass is 19.4. The molecule has 0 aliphatic rings. The number of carbonyl (C=O) groups excluding carboxylic acids is 2. The highest BCUT2D eigenvalue weighted by molar-refractivity contribution is 5.85. The minimum Gasteiger partial charge on any atom is -0.346 e. The first-order valence-electron chi connectivity index (χ1n) is 8.43. The number of hydrogen-bond acceptors (Lipinski definition) is 4. The zero-order valence-corrected chi connectivity index (χ0v) is 17.6. The lowest BCUT2D eigenvalue weighted by atomic mass is 10.1. The maximum Gasteiger partial charge on any atom is 0.453 e. The van der Waals surface area contributed by atoms with E-state index in [2.05, 4.69) is 16.1 Å². The van der Waals surface area contributed by atoms with Gasteiger partial charge in [0.25, 0.3) is 5.91 Å². The summed E-state index contributed by atoms with van der Waals surface area (Å²) in [6, 6.07) is 0. The van der Waals surface area contributed by atoms with Crippen molar-refractivity contribution in [2.75, 3.05) is 13.7 Å². The maximum absolute atomic E-state index is 13.2. The first kappa shape index (κ1) is 32.3. The molecule has 1 atom stereocenters. The standard InChI is InChI=1S/C13H20F7NO3.C4H3F3O/c1-9(2,3)21-8(22)12(23-5,13(18,19)20)24-7-6-11(16,17)10(4,14)15;1-3(2-8)4(5,6)7/h6-7H2,1-5H3,(H,21,22);2H,1H2. The van der Waals surface area contributed by atoms with E-state index < -0.39 is 60.0 Å². The van der Waals surface area contributed by atoms with Crippen LogP contribution in [0, 0.1) is 0 Å². The first-order chi connectivity index (χ1) is 13.9. The Balaban J connectivity index is 0. The van der Waals surface area contributed by atoms with Crippen LogP contribution in [-0.2, 0) is 19.1 Å². The molecule has 0 heterocycles. The third-order valence-corrected chi connectivity index (χ3v) is 3.32. The predicted octanol–water partition coefficient (Wildman–Crippen LogP) is 4.81. The van der Waals surface area contributed by atoms with Crippen LogP contribution in [0.4, 0.5) is 43.9 Å². The van der Waals surface area contributed by atoms with Gasteiger partial charge in [-0.1, -0.05) is 6.58 Å². The number of halogens is 10. The van der Waals surface area contributed by atoms with Crippen molar-refractivity contribution in [3.05, 3.63) is 12.2 Å². The number of alkyl halides is 10. The molecule has 0 aliphatic carbocycles. The van der Waals surface area contributed by atoms with Gasteiger partial charge >= 0.3 is 30.0 Å². The van der Waals surface area contributed by atoms with Gasteiger partial charge in [-0.15, -0.1) is 0 Å². The van der Waals surface area contributed by atoms with Gasteiger partial charge in [0.15, 0.2) is 6.29 Å². The molecule has 0 spiro atoms. The Bertz CT molecular complexity index is 648. The fourth-order valence-corrected chi connectivity index (χ4v) is 1.58. The number of methoxy groups -OCH3 is 1. The van der Waals surface area contributed by atoms with Crippen molar-refractivity contribution in [2.24, 2.45) is 0 Å². The Labute approximate surface area is 177 Å². The van der Waals surface area contributed by atoms with Gasteiger partial charge in [-0.25, -0.2) is 8.78 Å². The van der Waals surface area contributed by atoms with Crippen LogP contribution in [-0.4, -0.2) is 61.4 Å². The van der Waals surface area contributed by atoms with Crippen LogP contribution in [0.25, 0.3) is 0 Å². The Morgan fingerprint density at radius 1 is 0.938 bits per heavy atom. The van der Waals surface area contributed by atoms with Crippen LogP contribution < -0.4 is 5.32 Å². The average Bonchev–Trinajstić information content (AvgIpc) is 2.53. The van der Waals surface area contributed by atoms with E-state index in [9.17, 15) is 53.5 Å². The largest absolute Gasteiger partial charge is 0.453 e. The number of nitrogens with one attached hydrogen (secondary N) is 1. The predicted molar refractivity (Wildman–Crippen MR) is 91.1 cm³/mol. The van der Waals surface area contributed by atoms with Gasteiger partial charge in [-0.3, -0.25) is 9.59 Å². The second kappa shape index (κ2) is 10.8. The van der Waals surface area contributed by atoms with E-state index in [1.54, 1.807) is 0 Å². The third kappa shape index (κ3) is 9.71. The Morgan fingerprint density at radius 2 is 1.38 bits per heavy atom. The van der Waals surface area contributed by atoms with Crippen LogP contribution >= 0.6 is 0 Å². The van der Waals surface area contributed by atoms with Crippen LogP contribution in [0.5, 0.6) is 0 Å². The molecule has 15 heteroatoms. The monoisotopic (exact) mass is 495 g/mol. The summed E-state index contributed by atoms with van der Waals surface area (Å²) in [5.74, 6) is -14.7. The average molecular weight is 495 g/mol. The number of allylic oxidation sites excluding steroid dienone is 1. The molecule has 5 nitrogen and oxygen atoms in total. The molecule has 32 heavy (non-hydrogen) atoms.